The minimum absolute atomic E-state index is 0.111. The minimum Gasteiger partial charge on any atom is -0.464 e. The summed E-state index contributed by atoms with van der Waals surface area (Å²) in [6, 6.07) is -0.627. The molecule has 0 aliphatic carbocycles. The van der Waals surface area contributed by atoms with E-state index in [4.69, 9.17) is 4.74 Å². The zero-order valence-electron chi connectivity index (χ0n) is 9.99. The predicted octanol–water partition coefficient (Wildman–Crippen LogP) is 1.54. The van der Waals surface area contributed by atoms with Crippen LogP contribution < -0.4 is 5.32 Å². The summed E-state index contributed by atoms with van der Waals surface area (Å²) in [7, 11) is 0. The van der Waals surface area contributed by atoms with Crippen LogP contribution in [0.15, 0.2) is 0 Å². The first-order valence-corrected chi connectivity index (χ1v) is 6.35. The molecule has 0 radical (unpaired) electrons. The third-order valence-corrected chi connectivity index (χ3v) is 2.46. The molecule has 4 nitrogen and oxygen atoms in total. The van der Waals surface area contributed by atoms with Crippen molar-refractivity contribution >= 4 is 24.5 Å². The first-order valence-electron chi connectivity index (χ1n) is 5.72. The van der Waals surface area contributed by atoms with E-state index in [0.717, 1.165) is 19.3 Å². The standard InChI is InChI=1S/C11H21NO3S/c1-3-5-6-7-10(13)12-9(8-16)11(14)15-4-2/h9,16H,3-8H2,1-2H3,(H,12,13)/t9-/m0/s1. The van der Waals surface area contributed by atoms with Crippen LogP contribution in [0, 0.1) is 0 Å². The third-order valence-electron chi connectivity index (χ3n) is 2.10. The zero-order valence-corrected chi connectivity index (χ0v) is 10.9. The molecule has 1 amide bonds. The van der Waals surface area contributed by atoms with Crippen molar-refractivity contribution in [3.63, 3.8) is 0 Å². The molecule has 94 valence electrons. The van der Waals surface area contributed by atoms with Crippen LogP contribution in [0.1, 0.15) is 39.5 Å². The van der Waals surface area contributed by atoms with Gasteiger partial charge in [-0.25, -0.2) is 4.79 Å². The number of esters is 1. The molecular weight excluding hydrogens is 226 g/mol. The highest BCUT2D eigenvalue weighted by Crippen LogP contribution is 2.00. The minimum atomic E-state index is -0.627. The molecule has 0 rings (SSSR count). The van der Waals surface area contributed by atoms with Gasteiger partial charge in [-0.2, -0.15) is 12.6 Å². The number of hydrogen-bond donors (Lipinski definition) is 2. The van der Waals surface area contributed by atoms with E-state index < -0.39 is 12.0 Å². The Balaban J connectivity index is 3.91. The van der Waals surface area contributed by atoms with Crippen molar-refractivity contribution in [3.05, 3.63) is 0 Å². The van der Waals surface area contributed by atoms with Gasteiger partial charge in [0, 0.05) is 12.2 Å². The van der Waals surface area contributed by atoms with Gasteiger partial charge < -0.3 is 10.1 Å². The molecule has 0 aromatic carbocycles. The van der Waals surface area contributed by atoms with Crippen LogP contribution in [0.25, 0.3) is 0 Å². The lowest BCUT2D eigenvalue weighted by Gasteiger charge is -2.14. The van der Waals surface area contributed by atoms with E-state index in [1.807, 2.05) is 0 Å². The fraction of sp³-hybridized carbons (Fsp3) is 0.818. The maximum Gasteiger partial charge on any atom is 0.329 e. The molecule has 5 heteroatoms. The van der Waals surface area contributed by atoms with Crippen LogP contribution in [0.5, 0.6) is 0 Å². The molecule has 0 saturated heterocycles. The van der Waals surface area contributed by atoms with Crippen LogP contribution in [0.3, 0.4) is 0 Å². The maximum absolute atomic E-state index is 11.4. The molecule has 1 N–H and O–H groups in total. The van der Waals surface area contributed by atoms with Gasteiger partial charge in [-0.3, -0.25) is 4.79 Å². The Morgan fingerprint density at radius 1 is 1.31 bits per heavy atom. The fourth-order valence-electron chi connectivity index (χ4n) is 1.22. The summed E-state index contributed by atoms with van der Waals surface area (Å²) in [6.45, 7) is 4.12. The number of unbranched alkanes of at least 4 members (excludes halogenated alkanes) is 2. The average molecular weight is 247 g/mol. The lowest BCUT2D eigenvalue weighted by Crippen LogP contribution is -2.43. The smallest absolute Gasteiger partial charge is 0.329 e. The molecule has 16 heavy (non-hydrogen) atoms. The second-order valence-electron chi connectivity index (χ2n) is 3.51. The van der Waals surface area contributed by atoms with Crippen molar-refractivity contribution in [1.82, 2.24) is 5.32 Å². The highest BCUT2D eigenvalue weighted by Gasteiger charge is 2.19. The summed E-state index contributed by atoms with van der Waals surface area (Å²) in [5.41, 5.74) is 0. The number of carbonyl (C=O) groups is 2. The van der Waals surface area contributed by atoms with Gasteiger partial charge >= 0.3 is 5.97 Å². The second kappa shape index (κ2) is 9.51. The molecule has 0 spiro atoms. The summed E-state index contributed by atoms with van der Waals surface area (Å²) >= 11 is 4.02. The fourth-order valence-corrected chi connectivity index (χ4v) is 1.46. The second-order valence-corrected chi connectivity index (χ2v) is 3.88. The monoisotopic (exact) mass is 247 g/mol. The topological polar surface area (TPSA) is 55.4 Å². The Bertz CT molecular complexity index is 221. The number of ether oxygens (including phenoxy) is 1. The van der Waals surface area contributed by atoms with Gasteiger partial charge in [0.25, 0.3) is 0 Å². The van der Waals surface area contributed by atoms with Crippen molar-refractivity contribution in [2.75, 3.05) is 12.4 Å². The van der Waals surface area contributed by atoms with E-state index in [-0.39, 0.29) is 11.7 Å². The normalized spacial score (nSPS) is 11.9. The van der Waals surface area contributed by atoms with Gasteiger partial charge in [0.15, 0.2) is 0 Å². The average Bonchev–Trinajstić information content (AvgIpc) is 2.26. The van der Waals surface area contributed by atoms with E-state index in [1.54, 1.807) is 6.92 Å². The Labute approximate surface area is 103 Å². The third kappa shape index (κ3) is 6.71. The summed E-state index contributed by atoms with van der Waals surface area (Å²) < 4.78 is 4.82. The SMILES string of the molecule is CCCCCC(=O)N[C@@H](CS)C(=O)OCC. The van der Waals surface area contributed by atoms with Crippen LogP contribution in [0.4, 0.5) is 0 Å². The molecule has 0 bridgehead atoms. The van der Waals surface area contributed by atoms with Crippen LogP contribution in [-0.4, -0.2) is 30.3 Å². The van der Waals surface area contributed by atoms with E-state index in [1.165, 1.54) is 0 Å². The molecule has 1 atom stereocenters. The Hall–Kier alpha value is -0.710. The summed E-state index contributed by atoms with van der Waals surface area (Å²) in [4.78, 5) is 22.8. The molecule has 0 heterocycles. The van der Waals surface area contributed by atoms with Crippen molar-refractivity contribution < 1.29 is 14.3 Å². The van der Waals surface area contributed by atoms with E-state index >= 15 is 0 Å². The van der Waals surface area contributed by atoms with Crippen molar-refractivity contribution in [1.29, 1.82) is 0 Å². The Morgan fingerprint density at radius 3 is 2.50 bits per heavy atom. The summed E-state index contributed by atoms with van der Waals surface area (Å²) in [5, 5.41) is 2.62. The molecule has 0 aromatic heterocycles. The predicted molar refractivity (Wildman–Crippen MR) is 66.6 cm³/mol. The molecular formula is C11H21NO3S. The molecule has 0 saturated carbocycles. The highest BCUT2D eigenvalue weighted by molar-refractivity contribution is 7.80. The number of rotatable bonds is 8. The van der Waals surface area contributed by atoms with Crippen LogP contribution >= 0.6 is 12.6 Å². The van der Waals surface area contributed by atoms with Gasteiger partial charge in [-0.1, -0.05) is 19.8 Å². The van der Waals surface area contributed by atoms with Gasteiger partial charge in [0.1, 0.15) is 6.04 Å². The summed E-state index contributed by atoms with van der Waals surface area (Å²) in [5.74, 6) is -0.264. The molecule has 0 fully saturated rings. The van der Waals surface area contributed by atoms with Crippen molar-refractivity contribution in [2.24, 2.45) is 0 Å². The number of hydrogen-bond acceptors (Lipinski definition) is 4. The quantitative estimate of drug-likeness (QED) is 0.389. The van der Waals surface area contributed by atoms with Crippen LogP contribution in [-0.2, 0) is 14.3 Å². The lowest BCUT2D eigenvalue weighted by molar-refractivity contribution is -0.146. The van der Waals surface area contributed by atoms with Gasteiger partial charge in [-0.05, 0) is 13.3 Å². The molecule has 0 aliphatic heterocycles. The lowest BCUT2D eigenvalue weighted by atomic mass is 10.2. The molecule has 0 unspecified atom stereocenters. The van der Waals surface area contributed by atoms with Gasteiger partial charge in [0.05, 0.1) is 6.61 Å². The van der Waals surface area contributed by atoms with Gasteiger partial charge in [0.2, 0.25) is 5.91 Å². The first kappa shape index (κ1) is 15.3. The van der Waals surface area contributed by atoms with E-state index in [2.05, 4.69) is 24.9 Å². The van der Waals surface area contributed by atoms with Crippen molar-refractivity contribution in [3.8, 4) is 0 Å². The first-order chi connectivity index (χ1) is 7.65. The summed E-state index contributed by atoms with van der Waals surface area (Å²) in [6.07, 6.45) is 3.40. The number of amides is 1. The van der Waals surface area contributed by atoms with Crippen molar-refractivity contribution in [2.45, 2.75) is 45.6 Å². The zero-order chi connectivity index (χ0) is 12.4. The molecule has 0 aliphatic rings. The van der Waals surface area contributed by atoms with E-state index in [9.17, 15) is 9.59 Å². The Kier molecular flexibility index (Phi) is 9.09. The van der Waals surface area contributed by atoms with Crippen LogP contribution in [0.2, 0.25) is 0 Å². The van der Waals surface area contributed by atoms with E-state index in [0.29, 0.717) is 13.0 Å². The maximum atomic E-state index is 11.4. The number of thiol groups is 1. The molecule has 0 aromatic rings. The Morgan fingerprint density at radius 2 is 2.00 bits per heavy atom. The number of nitrogens with one attached hydrogen (secondary N) is 1. The van der Waals surface area contributed by atoms with Gasteiger partial charge in [-0.15, -0.1) is 0 Å². The number of carbonyl (C=O) groups excluding carboxylic acids is 2. The largest absolute Gasteiger partial charge is 0.464 e. The highest BCUT2D eigenvalue weighted by atomic mass is 32.1.